The Balaban J connectivity index is 2.15. The Morgan fingerprint density at radius 2 is 2.40 bits per heavy atom. The highest BCUT2D eigenvalue weighted by Gasteiger charge is 2.06. The molecule has 76 valence electrons. The van der Waals surface area contributed by atoms with Crippen LogP contribution < -0.4 is 0 Å². The first kappa shape index (κ1) is 9.86. The molecule has 0 bridgehead atoms. The molecule has 0 saturated heterocycles. The summed E-state index contributed by atoms with van der Waals surface area (Å²) in [5.41, 5.74) is 1.45. The topological polar surface area (TPSA) is 50.2 Å². The molecule has 0 aromatic carbocycles. The number of pyridine rings is 1. The van der Waals surface area contributed by atoms with Crippen molar-refractivity contribution in [1.82, 2.24) is 4.98 Å². The van der Waals surface area contributed by atoms with Gasteiger partial charge in [-0.05, 0) is 17.7 Å². The predicted molar refractivity (Wildman–Crippen MR) is 58.3 cm³/mol. The average molecular weight is 219 g/mol. The standard InChI is InChI=1S/C11H9NO2S/c13-11(14)9-5-10(15-7-9)4-8-2-1-3-12-6-8/h1-3,5-7H,4H2,(H,13,14). The second-order valence-corrected chi connectivity index (χ2v) is 4.14. The largest absolute Gasteiger partial charge is 0.478 e. The van der Waals surface area contributed by atoms with E-state index in [1.807, 2.05) is 12.1 Å². The van der Waals surface area contributed by atoms with Crippen molar-refractivity contribution in [3.8, 4) is 0 Å². The van der Waals surface area contributed by atoms with Crippen LogP contribution in [0.2, 0.25) is 0 Å². The smallest absolute Gasteiger partial charge is 0.336 e. The van der Waals surface area contributed by atoms with Gasteiger partial charge in [0.15, 0.2) is 0 Å². The number of aromatic nitrogens is 1. The second kappa shape index (κ2) is 4.23. The normalized spacial score (nSPS) is 10.1. The monoisotopic (exact) mass is 219 g/mol. The number of carboxylic acids is 1. The maximum Gasteiger partial charge on any atom is 0.336 e. The first-order valence-corrected chi connectivity index (χ1v) is 5.33. The van der Waals surface area contributed by atoms with Gasteiger partial charge in [0.2, 0.25) is 0 Å². The van der Waals surface area contributed by atoms with Gasteiger partial charge in [-0.25, -0.2) is 4.79 Å². The quantitative estimate of drug-likeness (QED) is 0.862. The lowest BCUT2D eigenvalue weighted by Gasteiger charge is -1.95. The minimum Gasteiger partial charge on any atom is -0.478 e. The van der Waals surface area contributed by atoms with Crippen LogP contribution >= 0.6 is 11.3 Å². The number of aromatic carboxylic acids is 1. The van der Waals surface area contributed by atoms with Gasteiger partial charge in [-0.2, -0.15) is 0 Å². The first-order chi connectivity index (χ1) is 7.25. The van der Waals surface area contributed by atoms with Gasteiger partial charge in [0.05, 0.1) is 5.56 Å². The number of thiophene rings is 1. The van der Waals surface area contributed by atoms with E-state index in [0.29, 0.717) is 5.56 Å². The van der Waals surface area contributed by atoms with E-state index in [4.69, 9.17) is 5.11 Å². The van der Waals surface area contributed by atoms with Gasteiger partial charge in [0, 0.05) is 29.1 Å². The number of hydrogen-bond acceptors (Lipinski definition) is 3. The number of nitrogens with zero attached hydrogens (tertiary/aromatic N) is 1. The molecule has 0 radical (unpaired) electrons. The lowest BCUT2D eigenvalue weighted by molar-refractivity contribution is 0.0697. The number of carbonyl (C=O) groups is 1. The van der Waals surface area contributed by atoms with Gasteiger partial charge in [0.1, 0.15) is 0 Å². The summed E-state index contributed by atoms with van der Waals surface area (Å²) in [6.07, 6.45) is 4.26. The van der Waals surface area contributed by atoms with Crippen LogP contribution in [0.15, 0.2) is 36.0 Å². The molecular weight excluding hydrogens is 210 g/mol. The van der Waals surface area contributed by atoms with Gasteiger partial charge in [-0.15, -0.1) is 11.3 Å². The van der Waals surface area contributed by atoms with Crippen LogP contribution in [0.1, 0.15) is 20.8 Å². The zero-order valence-corrected chi connectivity index (χ0v) is 8.70. The van der Waals surface area contributed by atoms with E-state index in [9.17, 15) is 4.79 Å². The third kappa shape index (κ3) is 2.41. The Labute approximate surface area is 91.0 Å². The van der Waals surface area contributed by atoms with Crippen LogP contribution in [0.3, 0.4) is 0 Å². The van der Waals surface area contributed by atoms with Crippen molar-refractivity contribution >= 4 is 17.3 Å². The zero-order chi connectivity index (χ0) is 10.7. The van der Waals surface area contributed by atoms with Gasteiger partial charge in [-0.3, -0.25) is 4.98 Å². The summed E-state index contributed by atoms with van der Waals surface area (Å²) in [6, 6.07) is 5.56. The molecule has 4 heteroatoms. The SMILES string of the molecule is O=C(O)c1csc(Cc2cccnc2)c1. The molecule has 2 rings (SSSR count). The molecule has 0 saturated carbocycles. The highest BCUT2D eigenvalue weighted by molar-refractivity contribution is 7.10. The lowest BCUT2D eigenvalue weighted by atomic mass is 10.2. The maximum absolute atomic E-state index is 10.7. The molecule has 0 atom stereocenters. The molecule has 0 spiro atoms. The first-order valence-electron chi connectivity index (χ1n) is 4.45. The van der Waals surface area contributed by atoms with E-state index in [1.165, 1.54) is 11.3 Å². The molecule has 15 heavy (non-hydrogen) atoms. The number of hydrogen-bond donors (Lipinski definition) is 1. The van der Waals surface area contributed by atoms with Crippen LogP contribution in [-0.4, -0.2) is 16.1 Å². The molecule has 0 aliphatic carbocycles. The molecule has 2 aromatic heterocycles. The summed E-state index contributed by atoms with van der Waals surface area (Å²) in [4.78, 5) is 15.7. The van der Waals surface area contributed by atoms with Gasteiger partial charge in [-0.1, -0.05) is 6.07 Å². The van der Waals surface area contributed by atoms with Crippen LogP contribution in [0.4, 0.5) is 0 Å². The molecule has 0 unspecified atom stereocenters. The fourth-order valence-electron chi connectivity index (χ4n) is 1.29. The summed E-state index contributed by atoms with van der Waals surface area (Å²) < 4.78 is 0. The van der Waals surface area contributed by atoms with Gasteiger partial charge < -0.3 is 5.11 Å². The van der Waals surface area contributed by atoms with Crippen molar-refractivity contribution in [2.45, 2.75) is 6.42 Å². The molecular formula is C11H9NO2S. The zero-order valence-electron chi connectivity index (χ0n) is 7.88. The Morgan fingerprint density at radius 3 is 3.00 bits per heavy atom. The highest BCUT2D eigenvalue weighted by Crippen LogP contribution is 2.18. The van der Waals surface area contributed by atoms with E-state index < -0.39 is 5.97 Å². The summed E-state index contributed by atoms with van der Waals surface area (Å²) in [7, 11) is 0. The summed E-state index contributed by atoms with van der Waals surface area (Å²) in [6.45, 7) is 0. The van der Waals surface area contributed by atoms with Crippen molar-refractivity contribution < 1.29 is 9.90 Å². The van der Waals surface area contributed by atoms with Crippen molar-refractivity contribution in [3.63, 3.8) is 0 Å². The molecule has 2 aromatic rings. The van der Waals surface area contributed by atoms with Crippen molar-refractivity contribution in [3.05, 3.63) is 52.0 Å². The summed E-state index contributed by atoms with van der Waals surface area (Å²) in [5, 5.41) is 10.4. The Morgan fingerprint density at radius 1 is 1.53 bits per heavy atom. The highest BCUT2D eigenvalue weighted by atomic mass is 32.1. The van der Waals surface area contributed by atoms with E-state index in [2.05, 4.69) is 4.98 Å². The average Bonchev–Trinajstić information content (AvgIpc) is 2.68. The summed E-state index contributed by atoms with van der Waals surface area (Å²) >= 11 is 1.46. The molecule has 2 heterocycles. The fraction of sp³-hybridized carbons (Fsp3) is 0.0909. The maximum atomic E-state index is 10.7. The Hall–Kier alpha value is -1.68. The van der Waals surface area contributed by atoms with Crippen molar-refractivity contribution in [1.29, 1.82) is 0 Å². The summed E-state index contributed by atoms with van der Waals surface area (Å²) in [5.74, 6) is -0.872. The minimum absolute atomic E-state index is 0.360. The molecule has 0 fully saturated rings. The van der Waals surface area contributed by atoms with Crippen molar-refractivity contribution in [2.24, 2.45) is 0 Å². The van der Waals surface area contributed by atoms with Crippen LogP contribution in [0, 0.1) is 0 Å². The minimum atomic E-state index is -0.872. The number of rotatable bonds is 3. The van der Waals surface area contributed by atoms with Crippen LogP contribution in [0.5, 0.6) is 0 Å². The van der Waals surface area contributed by atoms with Crippen LogP contribution in [0.25, 0.3) is 0 Å². The third-order valence-corrected chi connectivity index (χ3v) is 2.94. The molecule has 3 nitrogen and oxygen atoms in total. The third-order valence-electron chi connectivity index (χ3n) is 2.00. The van der Waals surface area contributed by atoms with Crippen LogP contribution in [-0.2, 0) is 6.42 Å². The molecule has 0 aliphatic rings. The van der Waals surface area contributed by atoms with E-state index >= 15 is 0 Å². The van der Waals surface area contributed by atoms with E-state index in [-0.39, 0.29) is 0 Å². The number of carboxylic acid groups (broad SMARTS) is 1. The van der Waals surface area contributed by atoms with E-state index in [0.717, 1.165) is 16.9 Å². The fourth-order valence-corrected chi connectivity index (χ4v) is 2.18. The molecule has 1 N–H and O–H groups in total. The molecule has 0 aliphatic heterocycles. The second-order valence-electron chi connectivity index (χ2n) is 3.14. The van der Waals surface area contributed by atoms with E-state index in [1.54, 1.807) is 23.8 Å². The van der Waals surface area contributed by atoms with Gasteiger partial charge >= 0.3 is 5.97 Å². The Kier molecular flexibility index (Phi) is 2.78. The Bertz CT molecular complexity index is 464. The van der Waals surface area contributed by atoms with Gasteiger partial charge in [0.25, 0.3) is 0 Å². The van der Waals surface area contributed by atoms with Crippen molar-refractivity contribution in [2.75, 3.05) is 0 Å². The predicted octanol–water partition coefficient (Wildman–Crippen LogP) is 2.43. The lowest BCUT2D eigenvalue weighted by Crippen LogP contribution is -1.92. The molecule has 0 amide bonds.